The first-order valence-corrected chi connectivity index (χ1v) is 7.50. The summed E-state index contributed by atoms with van der Waals surface area (Å²) in [5.41, 5.74) is 7.38. The van der Waals surface area contributed by atoms with Crippen LogP contribution in [0.5, 0.6) is 0 Å². The lowest BCUT2D eigenvalue weighted by Gasteiger charge is -2.32. The third kappa shape index (κ3) is 3.54. The number of pyridine rings is 1. The monoisotopic (exact) mass is 288 g/mol. The lowest BCUT2D eigenvalue weighted by atomic mass is 9.89. The molecule has 114 valence electrons. The second kappa shape index (κ2) is 5.91. The summed E-state index contributed by atoms with van der Waals surface area (Å²) in [6, 6.07) is 4.02. The standard InChI is InChI=1S/C16H25BN2O2/c1-6-14(18)12-8-10-19-13(11-12)7-9-17-20-15(2,3)16(4,5)21-17/h7-11,14H,6,18H2,1-5H3/b9-7+. The number of nitrogens with zero attached hydrogens (tertiary/aromatic N) is 1. The Morgan fingerprint density at radius 3 is 2.48 bits per heavy atom. The van der Waals surface area contributed by atoms with E-state index >= 15 is 0 Å². The minimum Gasteiger partial charge on any atom is -0.400 e. The van der Waals surface area contributed by atoms with Crippen LogP contribution in [-0.4, -0.2) is 23.3 Å². The van der Waals surface area contributed by atoms with E-state index in [0.717, 1.165) is 17.7 Å². The Morgan fingerprint density at radius 1 is 1.29 bits per heavy atom. The molecule has 2 rings (SSSR count). The second-order valence-corrected chi connectivity index (χ2v) is 6.51. The van der Waals surface area contributed by atoms with E-state index in [2.05, 4.69) is 11.9 Å². The van der Waals surface area contributed by atoms with Crippen LogP contribution in [-0.2, 0) is 9.31 Å². The smallest absolute Gasteiger partial charge is 0.400 e. The maximum Gasteiger partial charge on any atom is 0.487 e. The van der Waals surface area contributed by atoms with Gasteiger partial charge in [-0.25, -0.2) is 0 Å². The SMILES string of the molecule is CCC(N)c1ccnc(/C=C/B2OC(C)(C)C(C)(C)O2)c1. The first kappa shape index (κ1) is 16.2. The Labute approximate surface area is 127 Å². The highest BCUT2D eigenvalue weighted by Crippen LogP contribution is 2.37. The highest BCUT2D eigenvalue weighted by Gasteiger charge is 2.49. The summed E-state index contributed by atoms with van der Waals surface area (Å²) in [5.74, 6) is 1.90. The van der Waals surface area contributed by atoms with E-state index in [9.17, 15) is 0 Å². The molecule has 5 heteroatoms. The Bertz CT molecular complexity index is 513. The molecular formula is C16H25BN2O2. The lowest BCUT2D eigenvalue weighted by molar-refractivity contribution is 0.00578. The largest absolute Gasteiger partial charge is 0.487 e. The fraction of sp³-hybridized carbons (Fsp3) is 0.562. The van der Waals surface area contributed by atoms with E-state index in [1.54, 1.807) is 6.20 Å². The Morgan fingerprint density at radius 2 is 1.90 bits per heavy atom. The van der Waals surface area contributed by atoms with Crippen molar-refractivity contribution in [1.82, 2.24) is 4.98 Å². The van der Waals surface area contributed by atoms with Gasteiger partial charge >= 0.3 is 7.12 Å². The maximum absolute atomic E-state index is 6.05. The summed E-state index contributed by atoms with van der Waals surface area (Å²) in [4.78, 5) is 4.34. The zero-order chi connectivity index (χ0) is 15.7. The molecule has 1 aliphatic rings. The van der Waals surface area contributed by atoms with Crippen molar-refractivity contribution in [2.75, 3.05) is 0 Å². The van der Waals surface area contributed by atoms with Crippen LogP contribution in [0.15, 0.2) is 24.3 Å². The number of aromatic nitrogens is 1. The predicted octanol–water partition coefficient (Wildman–Crippen LogP) is 3.14. The lowest BCUT2D eigenvalue weighted by Crippen LogP contribution is -2.41. The van der Waals surface area contributed by atoms with Crippen LogP contribution < -0.4 is 5.73 Å². The van der Waals surface area contributed by atoms with Crippen LogP contribution >= 0.6 is 0 Å². The minimum absolute atomic E-state index is 0.0528. The van der Waals surface area contributed by atoms with E-state index in [4.69, 9.17) is 15.0 Å². The van der Waals surface area contributed by atoms with Gasteiger partial charge in [-0.05, 0) is 57.9 Å². The van der Waals surface area contributed by atoms with Gasteiger partial charge < -0.3 is 15.0 Å². The van der Waals surface area contributed by atoms with Gasteiger partial charge in [-0.1, -0.05) is 12.9 Å². The van der Waals surface area contributed by atoms with Gasteiger partial charge in [0, 0.05) is 12.2 Å². The van der Waals surface area contributed by atoms with Crippen molar-refractivity contribution in [2.45, 2.75) is 58.3 Å². The summed E-state index contributed by atoms with van der Waals surface area (Å²) in [6.07, 6.45) is 4.62. The fourth-order valence-corrected chi connectivity index (χ4v) is 2.17. The van der Waals surface area contributed by atoms with E-state index in [1.807, 2.05) is 51.9 Å². The zero-order valence-corrected chi connectivity index (χ0v) is 13.6. The maximum atomic E-state index is 6.05. The van der Waals surface area contributed by atoms with E-state index in [-0.39, 0.29) is 24.4 Å². The molecule has 2 heterocycles. The summed E-state index contributed by atoms with van der Waals surface area (Å²) >= 11 is 0. The van der Waals surface area contributed by atoms with Gasteiger partial charge in [0.1, 0.15) is 0 Å². The zero-order valence-electron chi connectivity index (χ0n) is 13.6. The first-order valence-electron chi connectivity index (χ1n) is 7.50. The van der Waals surface area contributed by atoms with Crippen molar-refractivity contribution in [3.05, 3.63) is 35.6 Å². The average Bonchev–Trinajstić information content (AvgIpc) is 2.64. The van der Waals surface area contributed by atoms with Gasteiger partial charge in [0.05, 0.1) is 16.9 Å². The Hall–Kier alpha value is -1.17. The molecule has 0 bridgehead atoms. The summed E-state index contributed by atoms with van der Waals surface area (Å²) in [5, 5.41) is 0. The molecule has 1 aromatic heterocycles. The van der Waals surface area contributed by atoms with Gasteiger partial charge in [-0.3, -0.25) is 4.98 Å². The molecule has 0 aromatic carbocycles. The van der Waals surface area contributed by atoms with Gasteiger partial charge in [0.25, 0.3) is 0 Å². The van der Waals surface area contributed by atoms with Crippen LogP contribution in [0.1, 0.15) is 58.3 Å². The molecule has 21 heavy (non-hydrogen) atoms. The summed E-state index contributed by atoms with van der Waals surface area (Å²) in [6.45, 7) is 10.2. The molecule has 1 saturated heterocycles. The molecule has 1 atom stereocenters. The van der Waals surface area contributed by atoms with Crippen molar-refractivity contribution in [1.29, 1.82) is 0 Å². The van der Waals surface area contributed by atoms with E-state index in [1.165, 1.54) is 0 Å². The topological polar surface area (TPSA) is 57.4 Å². The molecule has 0 radical (unpaired) electrons. The highest BCUT2D eigenvalue weighted by molar-refractivity contribution is 6.52. The molecule has 1 unspecified atom stereocenters. The van der Waals surface area contributed by atoms with E-state index < -0.39 is 0 Å². The van der Waals surface area contributed by atoms with Crippen molar-refractivity contribution in [2.24, 2.45) is 5.73 Å². The number of rotatable bonds is 4. The molecular weight excluding hydrogens is 263 g/mol. The van der Waals surface area contributed by atoms with Gasteiger partial charge in [0.15, 0.2) is 0 Å². The molecule has 1 fully saturated rings. The van der Waals surface area contributed by atoms with Gasteiger partial charge in [-0.15, -0.1) is 0 Å². The normalized spacial score (nSPS) is 21.9. The van der Waals surface area contributed by atoms with Gasteiger partial charge in [0.2, 0.25) is 0 Å². The van der Waals surface area contributed by atoms with Crippen LogP contribution in [0.25, 0.3) is 6.08 Å². The third-order valence-electron chi connectivity index (χ3n) is 4.37. The van der Waals surface area contributed by atoms with Crippen LogP contribution in [0.2, 0.25) is 0 Å². The first-order chi connectivity index (χ1) is 9.75. The van der Waals surface area contributed by atoms with Crippen LogP contribution in [0.4, 0.5) is 0 Å². The molecule has 0 saturated carbocycles. The minimum atomic E-state index is -0.347. The Kier molecular flexibility index (Phi) is 4.56. The van der Waals surface area contributed by atoms with Crippen LogP contribution in [0, 0.1) is 0 Å². The average molecular weight is 288 g/mol. The molecule has 1 aromatic rings. The summed E-state index contributed by atoms with van der Waals surface area (Å²) < 4.78 is 11.8. The number of nitrogens with two attached hydrogens (primary N) is 1. The molecule has 0 spiro atoms. The second-order valence-electron chi connectivity index (χ2n) is 6.51. The predicted molar refractivity (Wildman–Crippen MR) is 86.6 cm³/mol. The molecule has 4 nitrogen and oxygen atoms in total. The van der Waals surface area contributed by atoms with Gasteiger partial charge in [-0.2, -0.15) is 0 Å². The van der Waals surface area contributed by atoms with Crippen molar-refractivity contribution in [3.8, 4) is 0 Å². The fourth-order valence-electron chi connectivity index (χ4n) is 2.17. The quantitative estimate of drug-likeness (QED) is 0.865. The number of hydrogen-bond acceptors (Lipinski definition) is 4. The van der Waals surface area contributed by atoms with Crippen LogP contribution in [0.3, 0.4) is 0 Å². The van der Waals surface area contributed by atoms with Crippen molar-refractivity contribution >= 4 is 13.2 Å². The highest BCUT2D eigenvalue weighted by atomic mass is 16.7. The van der Waals surface area contributed by atoms with Crippen molar-refractivity contribution in [3.63, 3.8) is 0 Å². The molecule has 2 N–H and O–H groups in total. The Balaban J connectivity index is 2.09. The van der Waals surface area contributed by atoms with E-state index in [0.29, 0.717) is 0 Å². The number of hydrogen-bond donors (Lipinski definition) is 1. The molecule has 0 aliphatic carbocycles. The summed E-state index contributed by atoms with van der Waals surface area (Å²) in [7, 11) is -0.347. The third-order valence-corrected chi connectivity index (χ3v) is 4.37. The molecule has 0 amide bonds. The molecule has 1 aliphatic heterocycles. The van der Waals surface area contributed by atoms with Crippen molar-refractivity contribution < 1.29 is 9.31 Å².